The lowest BCUT2D eigenvalue weighted by molar-refractivity contribution is -0.000437. The molecule has 3 aromatic rings. The van der Waals surface area contributed by atoms with Gasteiger partial charge >= 0.3 is 0 Å². The quantitative estimate of drug-likeness (QED) is 0.301. The van der Waals surface area contributed by atoms with Gasteiger partial charge < -0.3 is 14.6 Å². The molecule has 0 aliphatic carbocycles. The molecule has 2 amide bonds. The highest BCUT2D eigenvalue weighted by Gasteiger charge is 2.33. The van der Waals surface area contributed by atoms with Crippen LogP contribution in [0, 0.1) is 13.8 Å². The van der Waals surface area contributed by atoms with Gasteiger partial charge in [0, 0.05) is 62.3 Å². The van der Waals surface area contributed by atoms with Crippen LogP contribution in [0.15, 0.2) is 54.6 Å². The molecule has 0 radical (unpaired) electrons. The lowest BCUT2D eigenvalue weighted by Gasteiger charge is -2.36. The van der Waals surface area contributed by atoms with E-state index in [4.69, 9.17) is 9.47 Å². The molecule has 0 unspecified atom stereocenters. The number of aliphatic hydroxyl groups excluding tert-OH is 1. The van der Waals surface area contributed by atoms with Gasteiger partial charge in [0.1, 0.15) is 12.4 Å². The number of β-amino-alcohol motifs (C(OH)–C–C–N with tert-alkyl or cyclic N) is 1. The normalized spacial score (nSPS) is 17.2. The van der Waals surface area contributed by atoms with Crippen LogP contribution in [0.2, 0.25) is 0 Å². The third-order valence-corrected chi connectivity index (χ3v) is 7.62. The van der Waals surface area contributed by atoms with Crippen molar-refractivity contribution in [2.45, 2.75) is 20.0 Å². The number of hydrogen-bond donors (Lipinski definition) is 1. The van der Waals surface area contributed by atoms with E-state index < -0.39 is 6.10 Å². The predicted molar refractivity (Wildman–Crippen MR) is 150 cm³/mol. The molecule has 39 heavy (non-hydrogen) atoms. The second-order valence-corrected chi connectivity index (χ2v) is 10.4. The van der Waals surface area contributed by atoms with Crippen LogP contribution < -0.4 is 4.74 Å². The number of para-hydroxylation sites is 1. The summed E-state index contributed by atoms with van der Waals surface area (Å²) < 4.78 is 11.5. The first kappa shape index (κ1) is 27.3. The van der Waals surface area contributed by atoms with E-state index in [-0.39, 0.29) is 18.4 Å². The smallest absolute Gasteiger partial charge is 0.261 e. The number of hydrogen-bond acceptors (Lipinski definition) is 7. The van der Waals surface area contributed by atoms with Crippen LogP contribution in [0.5, 0.6) is 5.75 Å². The van der Waals surface area contributed by atoms with Crippen molar-refractivity contribution in [2.24, 2.45) is 0 Å². The molecule has 2 aliphatic heterocycles. The van der Waals surface area contributed by atoms with E-state index in [1.165, 1.54) is 4.90 Å². The third-order valence-electron chi connectivity index (χ3n) is 7.62. The maximum absolute atomic E-state index is 13.1. The average molecular weight is 532 g/mol. The van der Waals surface area contributed by atoms with Gasteiger partial charge in [-0.3, -0.25) is 24.3 Å². The van der Waals surface area contributed by atoms with E-state index in [1.807, 2.05) is 56.3 Å². The lowest BCUT2D eigenvalue weighted by atomic mass is 9.94. The SMILES string of the molecule is Cc1cccc(C)c1OCCOC[C@H](O)CN1CCN(CCN2C(=O)c3cccc4cccc(c34)C2=O)CC1. The first-order valence-corrected chi connectivity index (χ1v) is 13.7. The van der Waals surface area contributed by atoms with E-state index >= 15 is 0 Å². The van der Waals surface area contributed by atoms with Gasteiger partial charge in [-0.2, -0.15) is 0 Å². The number of carbonyl (C=O) groups is 2. The van der Waals surface area contributed by atoms with Crippen LogP contribution in [0.1, 0.15) is 31.8 Å². The molecule has 8 nitrogen and oxygen atoms in total. The molecule has 0 spiro atoms. The molecule has 0 saturated carbocycles. The molecule has 0 aromatic heterocycles. The Bertz CT molecular complexity index is 1260. The highest BCUT2D eigenvalue weighted by molar-refractivity contribution is 6.25. The number of amides is 2. The zero-order valence-electron chi connectivity index (χ0n) is 22.8. The van der Waals surface area contributed by atoms with Gasteiger partial charge in [0.15, 0.2) is 0 Å². The van der Waals surface area contributed by atoms with Gasteiger partial charge in [0.05, 0.1) is 19.3 Å². The fourth-order valence-electron chi connectivity index (χ4n) is 5.52. The van der Waals surface area contributed by atoms with Crippen LogP contribution in [0.25, 0.3) is 10.8 Å². The summed E-state index contributed by atoms with van der Waals surface area (Å²) in [6.45, 7) is 10.0. The zero-order chi connectivity index (χ0) is 27.4. The van der Waals surface area contributed by atoms with Crippen molar-refractivity contribution in [1.82, 2.24) is 14.7 Å². The molecule has 206 valence electrons. The third kappa shape index (κ3) is 6.15. The zero-order valence-corrected chi connectivity index (χ0v) is 22.8. The Hall–Kier alpha value is -3.30. The topological polar surface area (TPSA) is 82.6 Å². The molecule has 1 fully saturated rings. The fraction of sp³-hybridized carbons (Fsp3) is 0.419. The minimum atomic E-state index is -0.567. The standard InChI is InChI=1S/C31H37N3O5/c1-22-6-3-7-23(2)29(22)39-19-18-38-21-25(35)20-33-14-12-32(13-15-33)16-17-34-30(36)26-10-4-8-24-9-5-11-27(28(24)26)31(34)37/h3-11,25,35H,12-21H2,1-2H3/t25-/m1/s1. The summed E-state index contributed by atoms with van der Waals surface area (Å²) in [5, 5.41) is 12.1. The monoisotopic (exact) mass is 531 g/mol. The molecule has 3 aromatic carbocycles. The van der Waals surface area contributed by atoms with E-state index in [1.54, 1.807) is 12.1 Å². The van der Waals surface area contributed by atoms with Crippen molar-refractivity contribution in [3.8, 4) is 5.75 Å². The van der Waals surface area contributed by atoms with Crippen LogP contribution >= 0.6 is 0 Å². The summed E-state index contributed by atoms with van der Waals surface area (Å²) in [4.78, 5) is 32.1. The number of carbonyl (C=O) groups excluding carboxylic acids is 2. The fourth-order valence-corrected chi connectivity index (χ4v) is 5.52. The molecule has 0 bridgehead atoms. The number of aliphatic hydroxyl groups is 1. The van der Waals surface area contributed by atoms with Crippen molar-refractivity contribution in [1.29, 1.82) is 0 Å². The van der Waals surface area contributed by atoms with E-state index in [2.05, 4.69) is 9.80 Å². The summed E-state index contributed by atoms with van der Waals surface area (Å²) in [6.07, 6.45) is -0.567. The molecular formula is C31H37N3O5. The molecule has 2 aliphatic rings. The van der Waals surface area contributed by atoms with Crippen molar-refractivity contribution in [2.75, 3.05) is 65.6 Å². The Labute approximate surface area is 229 Å². The molecule has 2 heterocycles. The molecule has 1 atom stereocenters. The van der Waals surface area contributed by atoms with Crippen LogP contribution in [-0.4, -0.2) is 103 Å². The first-order chi connectivity index (χ1) is 18.9. The van der Waals surface area contributed by atoms with Gasteiger partial charge in [-0.1, -0.05) is 42.5 Å². The number of benzene rings is 3. The highest BCUT2D eigenvalue weighted by Crippen LogP contribution is 2.30. The van der Waals surface area contributed by atoms with Gasteiger partial charge in [-0.05, 0) is 42.5 Å². The largest absolute Gasteiger partial charge is 0.491 e. The Morgan fingerprint density at radius 1 is 0.795 bits per heavy atom. The number of piperazine rings is 1. The molecular weight excluding hydrogens is 494 g/mol. The van der Waals surface area contributed by atoms with E-state index in [0.717, 1.165) is 53.8 Å². The molecule has 1 N–H and O–H groups in total. The van der Waals surface area contributed by atoms with Crippen LogP contribution in [-0.2, 0) is 4.74 Å². The minimum absolute atomic E-state index is 0.217. The van der Waals surface area contributed by atoms with Crippen LogP contribution in [0.3, 0.4) is 0 Å². The average Bonchev–Trinajstić information content (AvgIpc) is 2.93. The van der Waals surface area contributed by atoms with Gasteiger partial charge in [0.25, 0.3) is 11.8 Å². The Balaban J connectivity index is 1.01. The molecule has 8 heteroatoms. The van der Waals surface area contributed by atoms with Gasteiger partial charge in [0.2, 0.25) is 0 Å². The molecule has 5 rings (SSSR count). The van der Waals surface area contributed by atoms with Crippen molar-refractivity contribution in [3.05, 3.63) is 76.9 Å². The first-order valence-electron chi connectivity index (χ1n) is 13.7. The summed E-state index contributed by atoms with van der Waals surface area (Å²) in [7, 11) is 0. The van der Waals surface area contributed by atoms with Crippen molar-refractivity contribution < 1.29 is 24.2 Å². The second kappa shape index (κ2) is 12.3. The van der Waals surface area contributed by atoms with Gasteiger partial charge in [-0.15, -0.1) is 0 Å². The lowest BCUT2D eigenvalue weighted by Crippen LogP contribution is -2.51. The summed E-state index contributed by atoms with van der Waals surface area (Å²) in [5.74, 6) is 0.465. The second-order valence-electron chi connectivity index (χ2n) is 10.4. The summed E-state index contributed by atoms with van der Waals surface area (Å²) >= 11 is 0. The van der Waals surface area contributed by atoms with Crippen molar-refractivity contribution in [3.63, 3.8) is 0 Å². The molecule has 1 saturated heterocycles. The number of rotatable bonds is 11. The predicted octanol–water partition coefficient (Wildman–Crippen LogP) is 3.13. The maximum atomic E-state index is 13.1. The number of nitrogens with zero attached hydrogens (tertiary/aromatic N) is 3. The summed E-state index contributed by atoms with van der Waals surface area (Å²) in [5.41, 5.74) is 3.40. The minimum Gasteiger partial charge on any atom is -0.491 e. The van der Waals surface area contributed by atoms with Gasteiger partial charge in [-0.25, -0.2) is 0 Å². The summed E-state index contributed by atoms with van der Waals surface area (Å²) in [6, 6.07) is 17.3. The Kier molecular flexibility index (Phi) is 8.57. The maximum Gasteiger partial charge on any atom is 0.261 e. The number of aryl methyl sites for hydroxylation is 2. The number of imide groups is 1. The van der Waals surface area contributed by atoms with E-state index in [9.17, 15) is 14.7 Å². The van der Waals surface area contributed by atoms with Crippen LogP contribution in [0.4, 0.5) is 0 Å². The Morgan fingerprint density at radius 3 is 2.03 bits per heavy atom. The highest BCUT2D eigenvalue weighted by atomic mass is 16.5. The number of ether oxygens (including phenoxy) is 2. The van der Waals surface area contributed by atoms with E-state index in [0.29, 0.717) is 44.0 Å². The van der Waals surface area contributed by atoms with Crippen molar-refractivity contribution >= 4 is 22.6 Å². The Morgan fingerprint density at radius 2 is 1.38 bits per heavy atom.